The summed E-state index contributed by atoms with van der Waals surface area (Å²) in [6.07, 6.45) is 5.41. The summed E-state index contributed by atoms with van der Waals surface area (Å²) in [5.41, 5.74) is 10.1. The van der Waals surface area contributed by atoms with Gasteiger partial charge in [-0.1, -0.05) is 20.8 Å². The molecule has 0 atom stereocenters. The topological polar surface area (TPSA) is 69.6 Å². The van der Waals surface area contributed by atoms with Gasteiger partial charge < -0.3 is 5.73 Å². The highest BCUT2D eigenvalue weighted by Gasteiger charge is 2.17. The van der Waals surface area contributed by atoms with Crippen molar-refractivity contribution in [1.29, 1.82) is 0 Å². The molecule has 0 aliphatic rings. The molecule has 2 N–H and O–H groups in total. The Morgan fingerprint density at radius 1 is 1.14 bits per heavy atom. The van der Waals surface area contributed by atoms with Crippen LogP contribution in [0.25, 0.3) is 22.0 Å². The zero-order valence-corrected chi connectivity index (χ0v) is 12.8. The number of aromatic nitrogens is 4. The standard InChI is InChI=1S/C16H19N5/c1-16(2,3)13-7-10(5-6-18-13)11-8-19-15(17)12-9-20-21(4)14(11)12/h5-9H,1-4H3,(H2,17,19). The number of hydrogen-bond acceptors (Lipinski definition) is 4. The first kappa shape index (κ1) is 13.5. The van der Waals surface area contributed by atoms with Gasteiger partial charge in [-0.25, -0.2) is 4.98 Å². The Labute approximate surface area is 123 Å². The van der Waals surface area contributed by atoms with Crippen molar-refractivity contribution in [3.8, 4) is 11.1 Å². The van der Waals surface area contributed by atoms with E-state index in [2.05, 4.69) is 41.9 Å². The summed E-state index contributed by atoms with van der Waals surface area (Å²) in [4.78, 5) is 8.77. The van der Waals surface area contributed by atoms with Gasteiger partial charge in [-0.05, 0) is 17.7 Å². The summed E-state index contributed by atoms with van der Waals surface area (Å²) >= 11 is 0. The van der Waals surface area contributed by atoms with Crippen LogP contribution in [0.15, 0.2) is 30.7 Å². The molecule has 0 radical (unpaired) electrons. The van der Waals surface area contributed by atoms with Gasteiger partial charge in [0.2, 0.25) is 0 Å². The van der Waals surface area contributed by atoms with Gasteiger partial charge in [0, 0.05) is 36.1 Å². The molecule has 3 rings (SSSR count). The number of fused-ring (bicyclic) bond motifs is 1. The van der Waals surface area contributed by atoms with Gasteiger partial charge in [-0.15, -0.1) is 0 Å². The molecule has 5 nitrogen and oxygen atoms in total. The van der Waals surface area contributed by atoms with Crippen molar-refractivity contribution in [1.82, 2.24) is 19.7 Å². The molecule has 0 aliphatic heterocycles. The fourth-order valence-corrected chi connectivity index (χ4v) is 2.43. The third-order valence-electron chi connectivity index (χ3n) is 3.64. The zero-order valence-electron chi connectivity index (χ0n) is 12.8. The Kier molecular flexibility index (Phi) is 2.93. The number of nitrogens with two attached hydrogens (primary N) is 1. The summed E-state index contributed by atoms with van der Waals surface area (Å²) in [6.45, 7) is 6.46. The Balaban J connectivity index is 2.26. The van der Waals surface area contributed by atoms with E-state index < -0.39 is 0 Å². The highest BCUT2D eigenvalue weighted by molar-refractivity contribution is 5.98. The number of aryl methyl sites for hydroxylation is 1. The summed E-state index contributed by atoms with van der Waals surface area (Å²) < 4.78 is 1.83. The first-order chi connectivity index (χ1) is 9.88. The Morgan fingerprint density at radius 3 is 2.62 bits per heavy atom. The number of nitrogen functional groups attached to an aromatic ring is 1. The second-order valence-corrected chi connectivity index (χ2v) is 6.27. The summed E-state index contributed by atoms with van der Waals surface area (Å²) in [7, 11) is 1.91. The maximum Gasteiger partial charge on any atom is 0.134 e. The van der Waals surface area contributed by atoms with E-state index in [4.69, 9.17) is 5.73 Å². The van der Waals surface area contributed by atoms with Gasteiger partial charge in [0.15, 0.2) is 0 Å². The molecular formula is C16H19N5. The zero-order chi connectivity index (χ0) is 15.2. The summed E-state index contributed by atoms with van der Waals surface area (Å²) in [5, 5.41) is 5.17. The van der Waals surface area contributed by atoms with E-state index in [1.807, 2.05) is 24.0 Å². The predicted molar refractivity (Wildman–Crippen MR) is 84.9 cm³/mol. The molecule has 0 unspecified atom stereocenters. The maximum absolute atomic E-state index is 5.94. The molecule has 0 bridgehead atoms. The van der Waals surface area contributed by atoms with E-state index in [0.29, 0.717) is 5.82 Å². The van der Waals surface area contributed by atoms with E-state index in [9.17, 15) is 0 Å². The highest BCUT2D eigenvalue weighted by atomic mass is 15.3. The number of pyridine rings is 2. The summed E-state index contributed by atoms with van der Waals surface area (Å²) in [6, 6.07) is 4.11. The van der Waals surface area contributed by atoms with Crippen molar-refractivity contribution >= 4 is 16.7 Å². The van der Waals surface area contributed by atoms with Crippen LogP contribution in [0.5, 0.6) is 0 Å². The molecule has 0 saturated heterocycles. The maximum atomic E-state index is 5.94. The fourth-order valence-electron chi connectivity index (χ4n) is 2.43. The van der Waals surface area contributed by atoms with Crippen molar-refractivity contribution in [3.05, 3.63) is 36.4 Å². The molecule has 0 fully saturated rings. The van der Waals surface area contributed by atoms with Gasteiger partial charge in [0.1, 0.15) is 5.82 Å². The van der Waals surface area contributed by atoms with E-state index in [1.54, 1.807) is 12.4 Å². The van der Waals surface area contributed by atoms with Gasteiger partial charge in [0.25, 0.3) is 0 Å². The lowest BCUT2D eigenvalue weighted by Crippen LogP contribution is -2.13. The van der Waals surface area contributed by atoms with Crippen LogP contribution in [0.4, 0.5) is 5.82 Å². The van der Waals surface area contributed by atoms with Crippen LogP contribution >= 0.6 is 0 Å². The minimum Gasteiger partial charge on any atom is -0.383 e. The molecule has 0 aromatic carbocycles. The van der Waals surface area contributed by atoms with Crippen molar-refractivity contribution in [2.45, 2.75) is 26.2 Å². The van der Waals surface area contributed by atoms with Crippen LogP contribution in [0.1, 0.15) is 26.5 Å². The van der Waals surface area contributed by atoms with Crippen molar-refractivity contribution < 1.29 is 0 Å². The first-order valence-corrected chi connectivity index (χ1v) is 6.91. The Morgan fingerprint density at radius 2 is 1.90 bits per heavy atom. The number of rotatable bonds is 1. The number of anilines is 1. The molecule has 3 aromatic rings. The monoisotopic (exact) mass is 281 g/mol. The van der Waals surface area contributed by atoms with Crippen LogP contribution in [0.3, 0.4) is 0 Å². The second kappa shape index (κ2) is 4.55. The van der Waals surface area contributed by atoms with Crippen molar-refractivity contribution in [2.24, 2.45) is 7.05 Å². The molecular weight excluding hydrogens is 262 g/mol. The largest absolute Gasteiger partial charge is 0.383 e. The van der Waals surface area contributed by atoms with Crippen LogP contribution in [0.2, 0.25) is 0 Å². The molecule has 3 aromatic heterocycles. The van der Waals surface area contributed by atoms with Gasteiger partial charge in [-0.3, -0.25) is 9.67 Å². The molecule has 0 aliphatic carbocycles. The number of hydrogen-bond donors (Lipinski definition) is 1. The Hall–Kier alpha value is -2.43. The third-order valence-corrected chi connectivity index (χ3v) is 3.64. The third kappa shape index (κ3) is 2.24. The van der Waals surface area contributed by atoms with E-state index >= 15 is 0 Å². The fraction of sp³-hybridized carbons (Fsp3) is 0.312. The normalized spacial score (nSPS) is 12.0. The lowest BCUT2D eigenvalue weighted by Gasteiger charge is -2.18. The van der Waals surface area contributed by atoms with Crippen molar-refractivity contribution in [3.63, 3.8) is 0 Å². The quantitative estimate of drug-likeness (QED) is 0.744. The molecule has 0 amide bonds. The lowest BCUT2D eigenvalue weighted by molar-refractivity contribution is 0.569. The molecule has 21 heavy (non-hydrogen) atoms. The smallest absolute Gasteiger partial charge is 0.134 e. The van der Waals surface area contributed by atoms with E-state index in [1.165, 1.54) is 0 Å². The SMILES string of the molecule is Cn1ncc2c(N)ncc(-c3ccnc(C(C)(C)C)c3)c21. The van der Waals surface area contributed by atoms with Gasteiger partial charge in [-0.2, -0.15) is 5.10 Å². The van der Waals surface area contributed by atoms with Gasteiger partial charge >= 0.3 is 0 Å². The lowest BCUT2D eigenvalue weighted by atomic mass is 9.90. The Bertz CT molecular complexity index is 811. The minimum absolute atomic E-state index is 0.00280. The average molecular weight is 281 g/mol. The average Bonchev–Trinajstić information content (AvgIpc) is 2.82. The first-order valence-electron chi connectivity index (χ1n) is 6.91. The van der Waals surface area contributed by atoms with Crippen LogP contribution in [-0.4, -0.2) is 19.7 Å². The predicted octanol–water partition coefficient (Wildman–Crippen LogP) is 2.91. The molecule has 3 heterocycles. The van der Waals surface area contributed by atoms with E-state index in [0.717, 1.165) is 27.7 Å². The molecule has 5 heteroatoms. The highest BCUT2D eigenvalue weighted by Crippen LogP contribution is 2.31. The van der Waals surface area contributed by atoms with Crippen LogP contribution < -0.4 is 5.73 Å². The summed E-state index contributed by atoms with van der Waals surface area (Å²) in [5.74, 6) is 0.506. The van der Waals surface area contributed by atoms with Crippen LogP contribution in [0, 0.1) is 0 Å². The molecule has 0 spiro atoms. The van der Waals surface area contributed by atoms with Crippen LogP contribution in [-0.2, 0) is 12.5 Å². The molecule has 108 valence electrons. The van der Waals surface area contributed by atoms with Gasteiger partial charge in [0.05, 0.1) is 17.1 Å². The molecule has 0 saturated carbocycles. The van der Waals surface area contributed by atoms with Crippen molar-refractivity contribution in [2.75, 3.05) is 5.73 Å². The number of nitrogens with zero attached hydrogens (tertiary/aromatic N) is 4. The second-order valence-electron chi connectivity index (χ2n) is 6.27. The minimum atomic E-state index is 0.00280. The van der Waals surface area contributed by atoms with E-state index in [-0.39, 0.29) is 5.41 Å².